The second kappa shape index (κ2) is 12.3. The first-order chi connectivity index (χ1) is 17.9. The van der Waals surface area contributed by atoms with Gasteiger partial charge in [0.2, 0.25) is 11.8 Å². The zero-order valence-electron chi connectivity index (χ0n) is 21.3. The van der Waals surface area contributed by atoms with Gasteiger partial charge in [0.25, 0.3) is 0 Å². The van der Waals surface area contributed by atoms with Crippen LogP contribution in [0.4, 0.5) is 5.69 Å². The molecule has 2 aromatic rings. The normalized spacial score (nSPS) is 16.6. The van der Waals surface area contributed by atoms with Crippen LogP contribution in [-0.2, 0) is 22.4 Å². The number of benzene rings is 1. The van der Waals surface area contributed by atoms with Crippen molar-refractivity contribution in [1.29, 1.82) is 5.26 Å². The van der Waals surface area contributed by atoms with Gasteiger partial charge in [0.1, 0.15) is 11.8 Å². The largest absolute Gasteiger partial charge is 0.495 e. The van der Waals surface area contributed by atoms with E-state index in [1.54, 1.807) is 13.2 Å². The third-order valence-electron chi connectivity index (χ3n) is 7.15. The molecule has 0 unspecified atom stereocenters. The highest BCUT2D eigenvalue weighted by atomic mass is 35.5. The standard InChI is InChI=1S/C27H33ClN6O3/c1-17(18-6-9-34(10-7-18)27(36)19-3-4-19)30-8-5-20-11-25(37-2)24(13-23(20)28)33-26(35)12-21-15-32-22(14-29)16-31-21/h11,13,15-19,30H,3-10,12H2,1-2H3,(H,33,35)/t17-/m0/s1. The number of ether oxygens (including phenoxy) is 1. The number of carbonyl (C=O) groups excluding carboxylic acids is 2. The van der Waals surface area contributed by atoms with Crippen LogP contribution in [-0.4, -0.2) is 59.5 Å². The number of nitrogens with zero attached hydrogens (tertiary/aromatic N) is 4. The molecule has 1 aromatic carbocycles. The fourth-order valence-electron chi connectivity index (χ4n) is 4.73. The molecule has 9 nitrogen and oxygen atoms in total. The highest BCUT2D eigenvalue weighted by molar-refractivity contribution is 6.31. The lowest BCUT2D eigenvalue weighted by Crippen LogP contribution is -2.44. The molecule has 4 rings (SSSR count). The monoisotopic (exact) mass is 524 g/mol. The summed E-state index contributed by atoms with van der Waals surface area (Å²) in [5, 5.41) is 15.8. The highest BCUT2D eigenvalue weighted by Crippen LogP contribution is 2.33. The van der Waals surface area contributed by atoms with Gasteiger partial charge in [-0.15, -0.1) is 0 Å². The van der Waals surface area contributed by atoms with Crippen molar-refractivity contribution in [1.82, 2.24) is 20.2 Å². The number of aromatic nitrogens is 2. The van der Waals surface area contributed by atoms with E-state index in [0.717, 1.165) is 50.9 Å². The third-order valence-corrected chi connectivity index (χ3v) is 7.50. The molecule has 37 heavy (non-hydrogen) atoms. The number of likely N-dealkylation sites (tertiary alicyclic amines) is 1. The molecule has 2 amide bonds. The van der Waals surface area contributed by atoms with Gasteiger partial charge in [-0.1, -0.05) is 11.6 Å². The Balaban J connectivity index is 1.26. The van der Waals surface area contributed by atoms with Crippen molar-refractivity contribution in [2.75, 3.05) is 32.1 Å². The number of halogens is 1. The summed E-state index contributed by atoms with van der Waals surface area (Å²) >= 11 is 6.55. The van der Waals surface area contributed by atoms with E-state index >= 15 is 0 Å². The van der Waals surface area contributed by atoms with Crippen molar-refractivity contribution in [3.8, 4) is 11.8 Å². The Hall–Kier alpha value is -3.22. The van der Waals surface area contributed by atoms with Gasteiger partial charge in [0.05, 0.1) is 37.3 Å². The van der Waals surface area contributed by atoms with Gasteiger partial charge < -0.3 is 20.3 Å². The molecule has 1 aliphatic carbocycles. The maximum absolute atomic E-state index is 12.5. The van der Waals surface area contributed by atoms with Gasteiger partial charge in [0.15, 0.2) is 5.69 Å². The number of rotatable bonds is 10. The van der Waals surface area contributed by atoms with Crippen molar-refractivity contribution in [2.45, 2.75) is 51.5 Å². The number of nitriles is 1. The number of carbonyl (C=O) groups is 2. The van der Waals surface area contributed by atoms with Gasteiger partial charge in [-0.05, 0) is 69.2 Å². The van der Waals surface area contributed by atoms with Gasteiger partial charge in [-0.2, -0.15) is 5.26 Å². The third kappa shape index (κ3) is 7.18. The van der Waals surface area contributed by atoms with Crippen molar-refractivity contribution < 1.29 is 14.3 Å². The molecule has 2 N–H and O–H groups in total. The quantitative estimate of drug-likeness (QED) is 0.489. The fraction of sp³-hybridized carbons (Fsp3) is 0.519. The summed E-state index contributed by atoms with van der Waals surface area (Å²) < 4.78 is 5.51. The molecular weight excluding hydrogens is 492 g/mol. The van der Waals surface area contributed by atoms with Crippen LogP contribution in [0.25, 0.3) is 0 Å². The van der Waals surface area contributed by atoms with E-state index < -0.39 is 0 Å². The number of nitrogens with one attached hydrogen (secondary N) is 2. The minimum atomic E-state index is -0.290. The van der Waals surface area contributed by atoms with E-state index in [9.17, 15) is 9.59 Å². The van der Waals surface area contributed by atoms with Crippen LogP contribution in [0.1, 0.15) is 49.6 Å². The van der Waals surface area contributed by atoms with E-state index in [-0.39, 0.29) is 18.0 Å². The Morgan fingerprint density at radius 2 is 1.97 bits per heavy atom. The zero-order chi connectivity index (χ0) is 26.4. The first-order valence-electron chi connectivity index (χ1n) is 12.8. The van der Waals surface area contributed by atoms with Crippen LogP contribution >= 0.6 is 11.6 Å². The molecule has 2 fully saturated rings. The predicted molar refractivity (Wildman–Crippen MR) is 140 cm³/mol. The van der Waals surface area contributed by atoms with Crippen LogP contribution in [0.5, 0.6) is 5.75 Å². The Morgan fingerprint density at radius 1 is 1.22 bits per heavy atom. The average Bonchev–Trinajstić information content (AvgIpc) is 3.75. The lowest BCUT2D eigenvalue weighted by molar-refractivity contribution is -0.134. The van der Waals surface area contributed by atoms with E-state index in [4.69, 9.17) is 21.6 Å². The second-order valence-corrected chi connectivity index (χ2v) is 10.2. The van der Waals surface area contributed by atoms with Gasteiger partial charge >= 0.3 is 0 Å². The first kappa shape index (κ1) is 26.8. The summed E-state index contributed by atoms with van der Waals surface area (Å²) in [5.41, 5.74) is 2.07. The van der Waals surface area contributed by atoms with Crippen LogP contribution in [0.2, 0.25) is 5.02 Å². The van der Waals surface area contributed by atoms with Crippen LogP contribution in [0.15, 0.2) is 24.5 Å². The molecule has 0 radical (unpaired) electrons. The van der Waals surface area contributed by atoms with Crippen LogP contribution < -0.4 is 15.4 Å². The maximum atomic E-state index is 12.5. The topological polar surface area (TPSA) is 120 Å². The molecule has 10 heteroatoms. The van der Waals surface area contributed by atoms with E-state index in [1.165, 1.54) is 12.4 Å². The van der Waals surface area contributed by atoms with E-state index in [2.05, 4.69) is 27.5 Å². The fourth-order valence-corrected chi connectivity index (χ4v) is 4.98. The Kier molecular flexibility index (Phi) is 8.95. The van der Waals surface area contributed by atoms with Crippen LogP contribution in [0.3, 0.4) is 0 Å². The van der Waals surface area contributed by atoms with Gasteiger partial charge in [0, 0.05) is 30.1 Å². The zero-order valence-corrected chi connectivity index (χ0v) is 22.1. The summed E-state index contributed by atoms with van der Waals surface area (Å²) in [5.74, 6) is 1.43. The molecule has 1 aromatic heterocycles. The number of hydrogen-bond acceptors (Lipinski definition) is 7. The first-order valence-corrected chi connectivity index (χ1v) is 13.1. The molecule has 1 saturated carbocycles. The molecule has 2 aliphatic rings. The lowest BCUT2D eigenvalue weighted by Gasteiger charge is -2.35. The number of anilines is 1. The van der Waals surface area contributed by atoms with Crippen LogP contribution in [0, 0.1) is 23.2 Å². The molecule has 0 spiro atoms. The van der Waals surface area contributed by atoms with Crippen molar-refractivity contribution in [3.05, 3.63) is 46.5 Å². The lowest BCUT2D eigenvalue weighted by atomic mass is 9.90. The van der Waals surface area contributed by atoms with E-state index in [0.29, 0.717) is 52.4 Å². The molecular formula is C27H33ClN6O3. The van der Waals surface area contributed by atoms with Crippen molar-refractivity contribution in [2.24, 2.45) is 11.8 Å². The number of methoxy groups -OCH3 is 1. The van der Waals surface area contributed by atoms with Gasteiger partial charge in [-0.25, -0.2) is 4.98 Å². The molecule has 2 heterocycles. The Bertz CT molecular complexity index is 1150. The SMILES string of the molecule is COc1cc(CCN[C@@H](C)C2CCN(C(=O)C3CC3)CC2)c(Cl)cc1NC(=O)Cc1cnc(C#N)cn1. The van der Waals surface area contributed by atoms with Crippen molar-refractivity contribution in [3.63, 3.8) is 0 Å². The smallest absolute Gasteiger partial charge is 0.230 e. The Labute approximate surface area is 222 Å². The minimum absolute atomic E-state index is 0.0106. The molecule has 1 aliphatic heterocycles. The number of piperidine rings is 1. The van der Waals surface area contributed by atoms with Gasteiger partial charge in [-0.3, -0.25) is 14.6 Å². The second-order valence-electron chi connectivity index (χ2n) is 9.80. The molecule has 1 atom stereocenters. The maximum Gasteiger partial charge on any atom is 0.230 e. The van der Waals surface area contributed by atoms with Crippen molar-refractivity contribution >= 4 is 29.1 Å². The summed E-state index contributed by atoms with van der Waals surface area (Å²) in [7, 11) is 1.55. The molecule has 0 bridgehead atoms. The summed E-state index contributed by atoms with van der Waals surface area (Å²) in [6, 6.07) is 5.81. The number of hydrogen-bond donors (Lipinski definition) is 2. The minimum Gasteiger partial charge on any atom is -0.495 e. The Morgan fingerprint density at radius 3 is 2.59 bits per heavy atom. The summed E-state index contributed by atoms with van der Waals surface area (Å²) in [6.45, 7) is 4.69. The average molecular weight is 525 g/mol. The predicted octanol–water partition coefficient (Wildman–Crippen LogP) is 3.36. The molecule has 196 valence electrons. The summed E-state index contributed by atoms with van der Waals surface area (Å²) in [6.07, 6.45) is 7.66. The van der Waals surface area contributed by atoms with E-state index in [1.807, 2.05) is 17.0 Å². The molecule has 1 saturated heterocycles. The summed E-state index contributed by atoms with van der Waals surface area (Å²) in [4.78, 5) is 34.9. The number of amides is 2. The highest BCUT2D eigenvalue weighted by Gasteiger charge is 2.35.